The van der Waals surface area contributed by atoms with Gasteiger partial charge in [0.25, 0.3) is 0 Å². The Morgan fingerprint density at radius 3 is 2.35 bits per heavy atom. The van der Waals surface area contributed by atoms with Gasteiger partial charge in [0.15, 0.2) is 0 Å². The van der Waals surface area contributed by atoms with Crippen LogP contribution in [0, 0.1) is 0 Å². The first-order chi connectivity index (χ1) is 10.7. The molecule has 7 nitrogen and oxygen atoms in total. The van der Waals surface area contributed by atoms with E-state index >= 15 is 0 Å². The summed E-state index contributed by atoms with van der Waals surface area (Å²) in [5.74, 6) is -0.0778. The lowest BCUT2D eigenvalue weighted by Crippen LogP contribution is -2.44. The molecular weight excluding hydrogens is 302 g/mol. The molecule has 1 unspecified atom stereocenters. The number of aliphatic carboxylic acids is 1. The quantitative estimate of drug-likeness (QED) is 0.833. The van der Waals surface area contributed by atoms with E-state index in [1.165, 1.54) is 14.2 Å². The average Bonchev–Trinajstić information content (AvgIpc) is 2.44. The van der Waals surface area contributed by atoms with Crippen LogP contribution in [0.4, 0.5) is 4.79 Å². The minimum atomic E-state index is -1.17. The Kier molecular flexibility index (Phi) is 6.24. The van der Waals surface area contributed by atoms with Crippen LogP contribution in [0.3, 0.4) is 0 Å². The zero-order valence-corrected chi connectivity index (χ0v) is 14.0. The van der Waals surface area contributed by atoms with Gasteiger partial charge in [0, 0.05) is 12.0 Å². The van der Waals surface area contributed by atoms with Crippen molar-refractivity contribution in [3.63, 3.8) is 0 Å². The third kappa shape index (κ3) is 6.06. The van der Waals surface area contributed by atoms with E-state index < -0.39 is 23.7 Å². The van der Waals surface area contributed by atoms with E-state index in [1.807, 2.05) is 0 Å². The topological polar surface area (TPSA) is 94.1 Å². The largest absolute Gasteiger partial charge is 0.497 e. The molecule has 128 valence electrons. The first-order valence-electron chi connectivity index (χ1n) is 7.09. The van der Waals surface area contributed by atoms with E-state index in [1.54, 1.807) is 39.0 Å². The smallest absolute Gasteiger partial charge is 0.408 e. The molecule has 0 saturated heterocycles. The van der Waals surface area contributed by atoms with Crippen LogP contribution >= 0.6 is 0 Å². The Morgan fingerprint density at radius 2 is 1.87 bits per heavy atom. The molecule has 1 amide bonds. The van der Waals surface area contributed by atoms with Gasteiger partial charge in [0.05, 0.1) is 14.2 Å². The summed E-state index contributed by atoms with van der Waals surface area (Å²) in [6.45, 7) is 5.11. The van der Waals surface area contributed by atoms with Gasteiger partial charge in [-0.1, -0.05) is 0 Å². The van der Waals surface area contributed by atoms with Crippen molar-refractivity contribution in [3.05, 3.63) is 23.8 Å². The summed E-state index contributed by atoms with van der Waals surface area (Å²) < 4.78 is 15.4. The fourth-order valence-electron chi connectivity index (χ4n) is 1.91. The molecule has 1 rings (SSSR count). The Labute approximate surface area is 135 Å². The van der Waals surface area contributed by atoms with Gasteiger partial charge in [0.1, 0.15) is 23.1 Å². The summed E-state index contributed by atoms with van der Waals surface area (Å²) in [6.07, 6.45) is -0.749. The van der Waals surface area contributed by atoms with E-state index in [9.17, 15) is 14.7 Å². The van der Waals surface area contributed by atoms with Crippen molar-refractivity contribution < 1.29 is 28.9 Å². The molecule has 0 aromatic heterocycles. The normalized spacial score (nSPS) is 12.2. The second-order valence-electron chi connectivity index (χ2n) is 5.92. The fourth-order valence-corrected chi connectivity index (χ4v) is 1.91. The summed E-state index contributed by atoms with van der Waals surface area (Å²) in [5.41, 5.74) is -0.101. The van der Waals surface area contributed by atoms with Crippen molar-refractivity contribution in [2.24, 2.45) is 0 Å². The number of ether oxygens (including phenoxy) is 3. The van der Waals surface area contributed by atoms with Gasteiger partial charge in [-0.3, -0.25) is 0 Å². The van der Waals surface area contributed by atoms with E-state index in [-0.39, 0.29) is 6.42 Å². The van der Waals surface area contributed by atoms with Gasteiger partial charge < -0.3 is 24.6 Å². The van der Waals surface area contributed by atoms with Crippen LogP contribution in [0.2, 0.25) is 0 Å². The predicted molar refractivity (Wildman–Crippen MR) is 84.0 cm³/mol. The zero-order valence-electron chi connectivity index (χ0n) is 14.0. The SMILES string of the molecule is COc1ccc(OC)c(CC(NC(=O)OC(C)(C)C)C(=O)O)c1. The van der Waals surface area contributed by atoms with Gasteiger partial charge in [-0.2, -0.15) is 0 Å². The minimum absolute atomic E-state index is 0.0367. The second kappa shape index (κ2) is 7.71. The monoisotopic (exact) mass is 325 g/mol. The Morgan fingerprint density at radius 1 is 1.22 bits per heavy atom. The molecule has 1 atom stereocenters. The van der Waals surface area contributed by atoms with Crippen LogP contribution in [-0.4, -0.2) is 43.0 Å². The number of hydrogen-bond acceptors (Lipinski definition) is 5. The predicted octanol–water partition coefficient (Wildman–Crippen LogP) is 2.22. The first-order valence-corrected chi connectivity index (χ1v) is 7.09. The van der Waals surface area contributed by atoms with Gasteiger partial charge in [-0.05, 0) is 39.0 Å². The number of hydrogen-bond donors (Lipinski definition) is 2. The third-order valence-corrected chi connectivity index (χ3v) is 2.90. The molecule has 7 heteroatoms. The highest BCUT2D eigenvalue weighted by atomic mass is 16.6. The Balaban J connectivity index is 2.92. The molecule has 23 heavy (non-hydrogen) atoms. The highest BCUT2D eigenvalue weighted by molar-refractivity contribution is 5.80. The van der Waals surface area contributed by atoms with Gasteiger partial charge in [-0.15, -0.1) is 0 Å². The molecule has 0 aliphatic heterocycles. The van der Waals surface area contributed by atoms with Crippen molar-refractivity contribution in [1.29, 1.82) is 0 Å². The Hall–Kier alpha value is -2.44. The van der Waals surface area contributed by atoms with Crippen LogP contribution in [0.1, 0.15) is 26.3 Å². The third-order valence-electron chi connectivity index (χ3n) is 2.90. The lowest BCUT2D eigenvalue weighted by molar-refractivity contribution is -0.139. The lowest BCUT2D eigenvalue weighted by Gasteiger charge is -2.22. The van der Waals surface area contributed by atoms with Gasteiger partial charge in [-0.25, -0.2) is 9.59 Å². The van der Waals surface area contributed by atoms with Gasteiger partial charge in [0.2, 0.25) is 0 Å². The first kappa shape index (κ1) is 18.6. The number of carboxylic acids is 1. The molecule has 0 bridgehead atoms. The number of methoxy groups -OCH3 is 2. The van der Waals surface area contributed by atoms with Crippen molar-refractivity contribution in [2.75, 3.05) is 14.2 Å². The van der Waals surface area contributed by atoms with Crippen molar-refractivity contribution in [3.8, 4) is 11.5 Å². The number of nitrogens with one attached hydrogen (secondary N) is 1. The average molecular weight is 325 g/mol. The van der Waals surface area contributed by atoms with Crippen LogP contribution in [0.5, 0.6) is 11.5 Å². The van der Waals surface area contributed by atoms with Crippen molar-refractivity contribution >= 4 is 12.1 Å². The lowest BCUT2D eigenvalue weighted by atomic mass is 10.0. The molecular formula is C16H23NO6. The van der Waals surface area contributed by atoms with Crippen molar-refractivity contribution in [1.82, 2.24) is 5.32 Å². The van der Waals surface area contributed by atoms with Crippen molar-refractivity contribution in [2.45, 2.75) is 38.8 Å². The maximum atomic E-state index is 11.8. The number of benzene rings is 1. The van der Waals surface area contributed by atoms with Gasteiger partial charge >= 0.3 is 12.1 Å². The van der Waals surface area contributed by atoms with Crippen LogP contribution in [0.15, 0.2) is 18.2 Å². The number of rotatable bonds is 6. The number of carboxylic acid groups (broad SMARTS) is 1. The second-order valence-corrected chi connectivity index (χ2v) is 5.92. The number of carbonyl (C=O) groups is 2. The maximum absolute atomic E-state index is 11.8. The molecule has 0 fully saturated rings. The van der Waals surface area contributed by atoms with E-state index in [4.69, 9.17) is 14.2 Å². The molecule has 0 aliphatic rings. The number of alkyl carbamates (subject to hydrolysis) is 1. The standard InChI is InChI=1S/C16H23NO6/c1-16(2,3)23-15(20)17-12(14(18)19)9-10-8-11(21-4)6-7-13(10)22-5/h6-8,12H,9H2,1-5H3,(H,17,20)(H,18,19). The summed E-state index contributed by atoms with van der Waals surface area (Å²) in [5, 5.41) is 11.7. The molecule has 1 aromatic carbocycles. The minimum Gasteiger partial charge on any atom is -0.497 e. The molecule has 0 spiro atoms. The summed E-state index contributed by atoms with van der Waals surface area (Å²) >= 11 is 0. The number of carbonyl (C=O) groups excluding carboxylic acids is 1. The molecule has 0 radical (unpaired) electrons. The highest BCUT2D eigenvalue weighted by Crippen LogP contribution is 2.25. The summed E-state index contributed by atoms with van der Waals surface area (Å²) in [4.78, 5) is 23.2. The summed E-state index contributed by atoms with van der Waals surface area (Å²) in [7, 11) is 3.00. The van der Waals surface area contributed by atoms with Crippen LogP contribution < -0.4 is 14.8 Å². The molecule has 2 N–H and O–H groups in total. The van der Waals surface area contributed by atoms with Crippen LogP contribution in [0.25, 0.3) is 0 Å². The zero-order chi connectivity index (χ0) is 17.6. The number of amides is 1. The molecule has 0 saturated carbocycles. The molecule has 0 aliphatic carbocycles. The molecule has 0 heterocycles. The van der Waals surface area contributed by atoms with Crippen LogP contribution in [-0.2, 0) is 16.0 Å². The highest BCUT2D eigenvalue weighted by Gasteiger charge is 2.25. The summed E-state index contributed by atoms with van der Waals surface area (Å²) in [6, 6.07) is 3.91. The van der Waals surface area contributed by atoms with E-state index in [2.05, 4.69) is 5.32 Å². The van der Waals surface area contributed by atoms with E-state index in [0.29, 0.717) is 17.1 Å². The van der Waals surface area contributed by atoms with E-state index in [0.717, 1.165) is 0 Å². The fraction of sp³-hybridized carbons (Fsp3) is 0.500. The Bertz CT molecular complexity index is 564. The molecule has 1 aromatic rings. The maximum Gasteiger partial charge on any atom is 0.408 e.